The van der Waals surface area contributed by atoms with Gasteiger partial charge in [-0.2, -0.15) is 0 Å². The van der Waals surface area contributed by atoms with Crippen molar-refractivity contribution < 1.29 is 24.2 Å². The van der Waals surface area contributed by atoms with Gasteiger partial charge in [-0.15, -0.1) is 0 Å². The van der Waals surface area contributed by atoms with Crippen molar-refractivity contribution >= 4 is 17.8 Å². The second-order valence-electron chi connectivity index (χ2n) is 6.92. The fourth-order valence-electron chi connectivity index (χ4n) is 3.39. The number of amides is 2. The molecule has 1 aromatic carbocycles. The highest BCUT2D eigenvalue weighted by Gasteiger charge is 2.17. The third kappa shape index (κ3) is 6.92. The quantitative estimate of drug-likeness (QED) is 0.612. The zero-order chi connectivity index (χ0) is 19.6. The van der Waals surface area contributed by atoms with E-state index in [4.69, 9.17) is 9.84 Å². The van der Waals surface area contributed by atoms with Crippen LogP contribution in [0.2, 0.25) is 0 Å². The summed E-state index contributed by atoms with van der Waals surface area (Å²) in [7, 11) is 1.48. The van der Waals surface area contributed by atoms with E-state index in [1.807, 2.05) is 0 Å². The highest BCUT2D eigenvalue weighted by Crippen LogP contribution is 2.26. The molecular weight excluding hydrogens is 348 g/mol. The van der Waals surface area contributed by atoms with Crippen LogP contribution in [0, 0.1) is 5.92 Å². The Labute approximate surface area is 159 Å². The molecule has 0 aliphatic heterocycles. The lowest BCUT2D eigenvalue weighted by Gasteiger charge is -2.20. The molecule has 0 saturated heterocycles. The summed E-state index contributed by atoms with van der Waals surface area (Å²) in [5.74, 6) is -0.402. The molecule has 1 aromatic rings. The number of carbonyl (C=O) groups excluding carboxylic acids is 2. The minimum atomic E-state index is -1.02. The van der Waals surface area contributed by atoms with Gasteiger partial charge in [-0.25, -0.2) is 4.79 Å². The number of ether oxygens (including phenoxy) is 1. The number of hydrogen-bond acceptors (Lipinski definition) is 4. The minimum Gasteiger partial charge on any atom is -0.496 e. The third-order valence-corrected chi connectivity index (χ3v) is 4.90. The Morgan fingerprint density at radius 2 is 1.85 bits per heavy atom. The summed E-state index contributed by atoms with van der Waals surface area (Å²) in [6.45, 7) is 0.348. The molecule has 0 aromatic heterocycles. The van der Waals surface area contributed by atoms with Gasteiger partial charge in [0.05, 0.1) is 19.2 Å². The van der Waals surface area contributed by atoms with Gasteiger partial charge in [0.2, 0.25) is 11.8 Å². The van der Waals surface area contributed by atoms with E-state index in [9.17, 15) is 14.4 Å². The van der Waals surface area contributed by atoms with Crippen LogP contribution < -0.4 is 15.4 Å². The average Bonchev–Trinajstić information content (AvgIpc) is 2.67. The molecule has 3 N–H and O–H groups in total. The number of hydrogen-bond donors (Lipinski definition) is 3. The lowest BCUT2D eigenvalue weighted by Crippen LogP contribution is -2.38. The van der Waals surface area contributed by atoms with E-state index in [1.54, 1.807) is 6.07 Å². The van der Waals surface area contributed by atoms with E-state index in [-0.39, 0.29) is 23.9 Å². The molecule has 1 saturated carbocycles. The Kier molecular flexibility index (Phi) is 8.10. The first-order valence-corrected chi connectivity index (χ1v) is 9.43. The van der Waals surface area contributed by atoms with Crippen LogP contribution in [-0.2, 0) is 16.0 Å². The Balaban J connectivity index is 1.69. The first-order chi connectivity index (χ1) is 13.0. The topological polar surface area (TPSA) is 105 Å². The number of carbonyl (C=O) groups is 3. The van der Waals surface area contributed by atoms with E-state index in [0.717, 1.165) is 18.4 Å². The molecule has 2 amide bonds. The second kappa shape index (κ2) is 10.5. The van der Waals surface area contributed by atoms with Gasteiger partial charge in [-0.1, -0.05) is 25.3 Å². The molecular formula is C20H28N2O5. The van der Waals surface area contributed by atoms with Crippen molar-refractivity contribution in [2.45, 2.75) is 44.9 Å². The van der Waals surface area contributed by atoms with E-state index in [1.165, 1.54) is 38.5 Å². The number of nitrogens with one attached hydrogen (secondary N) is 2. The molecule has 0 atom stereocenters. The summed E-state index contributed by atoms with van der Waals surface area (Å²) in [4.78, 5) is 34.8. The summed E-state index contributed by atoms with van der Waals surface area (Å²) in [6.07, 6.45) is 6.84. The van der Waals surface area contributed by atoms with E-state index < -0.39 is 5.97 Å². The van der Waals surface area contributed by atoms with Crippen LogP contribution in [0.15, 0.2) is 18.2 Å². The Bertz CT molecular complexity index is 668. The number of aromatic carboxylic acids is 1. The van der Waals surface area contributed by atoms with Crippen molar-refractivity contribution in [3.8, 4) is 5.75 Å². The van der Waals surface area contributed by atoms with Gasteiger partial charge in [0.1, 0.15) is 5.75 Å². The van der Waals surface area contributed by atoms with E-state index >= 15 is 0 Å². The molecule has 0 heterocycles. The zero-order valence-corrected chi connectivity index (χ0v) is 15.8. The van der Waals surface area contributed by atoms with Crippen molar-refractivity contribution in [1.29, 1.82) is 0 Å². The van der Waals surface area contributed by atoms with Gasteiger partial charge < -0.3 is 20.5 Å². The van der Waals surface area contributed by atoms with E-state index in [2.05, 4.69) is 10.6 Å². The van der Waals surface area contributed by atoms with Crippen LogP contribution in [-0.4, -0.2) is 43.1 Å². The maximum absolute atomic E-state index is 11.9. The van der Waals surface area contributed by atoms with Crippen molar-refractivity contribution in [2.75, 3.05) is 20.2 Å². The molecule has 0 bridgehead atoms. The highest BCUT2D eigenvalue weighted by molar-refractivity contribution is 5.88. The Morgan fingerprint density at radius 3 is 2.52 bits per heavy atom. The minimum absolute atomic E-state index is 0.0271. The first kappa shape index (κ1) is 20.7. The predicted molar refractivity (Wildman–Crippen MR) is 101 cm³/mol. The molecule has 1 aliphatic carbocycles. The van der Waals surface area contributed by atoms with Crippen molar-refractivity contribution in [3.05, 3.63) is 29.3 Å². The third-order valence-electron chi connectivity index (χ3n) is 4.90. The Hall–Kier alpha value is -2.57. The molecule has 0 spiro atoms. The summed E-state index contributed by atoms with van der Waals surface area (Å²) >= 11 is 0. The highest BCUT2D eigenvalue weighted by atomic mass is 16.5. The standard InChI is InChI=1S/C20H28N2O5/c1-27-17-12-16(20(25)26)8-7-15(17)9-10-21-19(24)13-22-18(23)11-14-5-3-2-4-6-14/h7-8,12,14H,2-6,9-11,13H2,1H3,(H,21,24)(H,22,23)(H,25,26). The van der Waals surface area contributed by atoms with Gasteiger partial charge >= 0.3 is 5.97 Å². The van der Waals surface area contributed by atoms with Crippen LogP contribution in [0.3, 0.4) is 0 Å². The largest absolute Gasteiger partial charge is 0.496 e. The lowest BCUT2D eigenvalue weighted by atomic mass is 9.87. The maximum Gasteiger partial charge on any atom is 0.335 e. The molecule has 1 fully saturated rings. The first-order valence-electron chi connectivity index (χ1n) is 9.43. The van der Waals surface area contributed by atoms with Crippen LogP contribution in [0.25, 0.3) is 0 Å². The van der Waals surface area contributed by atoms with Gasteiger partial charge in [0, 0.05) is 13.0 Å². The van der Waals surface area contributed by atoms with Crippen LogP contribution >= 0.6 is 0 Å². The zero-order valence-electron chi connectivity index (χ0n) is 15.8. The monoisotopic (exact) mass is 376 g/mol. The Morgan fingerprint density at radius 1 is 1.11 bits per heavy atom. The van der Waals surface area contributed by atoms with Gasteiger partial charge in [0.25, 0.3) is 0 Å². The summed E-state index contributed by atoms with van der Waals surface area (Å²) < 4.78 is 5.21. The van der Waals surface area contributed by atoms with Gasteiger partial charge in [-0.05, 0) is 42.9 Å². The normalized spacial score (nSPS) is 14.4. The number of methoxy groups -OCH3 is 1. The number of carboxylic acids is 1. The SMILES string of the molecule is COc1cc(C(=O)O)ccc1CCNC(=O)CNC(=O)CC1CCCCC1. The number of rotatable bonds is 9. The second-order valence-corrected chi connectivity index (χ2v) is 6.92. The van der Waals surface area contributed by atoms with Gasteiger partial charge in [0.15, 0.2) is 0 Å². The number of benzene rings is 1. The fourth-order valence-corrected chi connectivity index (χ4v) is 3.39. The van der Waals surface area contributed by atoms with Crippen molar-refractivity contribution in [2.24, 2.45) is 5.92 Å². The molecule has 148 valence electrons. The average molecular weight is 376 g/mol. The van der Waals surface area contributed by atoms with E-state index in [0.29, 0.717) is 31.1 Å². The van der Waals surface area contributed by atoms with Crippen molar-refractivity contribution in [3.63, 3.8) is 0 Å². The summed E-state index contributed by atoms with van der Waals surface area (Å²) in [6, 6.07) is 4.65. The number of carboxylic acid groups (broad SMARTS) is 1. The van der Waals surface area contributed by atoms with Crippen LogP contribution in [0.5, 0.6) is 5.75 Å². The van der Waals surface area contributed by atoms with Crippen LogP contribution in [0.1, 0.15) is 54.4 Å². The molecule has 7 nitrogen and oxygen atoms in total. The maximum atomic E-state index is 11.9. The molecule has 2 rings (SSSR count). The van der Waals surface area contributed by atoms with Crippen molar-refractivity contribution in [1.82, 2.24) is 10.6 Å². The molecule has 0 unspecified atom stereocenters. The molecule has 7 heteroatoms. The fraction of sp³-hybridized carbons (Fsp3) is 0.550. The lowest BCUT2D eigenvalue weighted by molar-refractivity contribution is -0.126. The summed E-state index contributed by atoms with van der Waals surface area (Å²) in [5.41, 5.74) is 0.962. The smallest absolute Gasteiger partial charge is 0.335 e. The molecule has 0 radical (unpaired) electrons. The van der Waals surface area contributed by atoms with Gasteiger partial charge in [-0.3, -0.25) is 9.59 Å². The van der Waals surface area contributed by atoms with Crippen LogP contribution in [0.4, 0.5) is 0 Å². The molecule has 27 heavy (non-hydrogen) atoms. The summed E-state index contributed by atoms with van der Waals surface area (Å²) in [5, 5.41) is 14.4. The predicted octanol–water partition coefficient (Wildman–Crippen LogP) is 2.14. The molecule has 1 aliphatic rings.